The Morgan fingerprint density at radius 3 is 1.19 bits per heavy atom. The van der Waals surface area contributed by atoms with Gasteiger partial charge in [0, 0.05) is 74.6 Å². The Hall–Kier alpha value is -4.92. The van der Waals surface area contributed by atoms with E-state index in [1.54, 1.807) is 66.3 Å². The summed E-state index contributed by atoms with van der Waals surface area (Å²) in [5.41, 5.74) is -0.711. The Bertz CT molecular complexity index is 1700. The van der Waals surface area contributed by atoms with Gasteiger partial charge >= 0.3 is 12.2 Å². The Balaban J connectivity index is 0.000000241. The van der Waals surface area contributed by atoms with Crippen LogP contribution in [0.25, 0.3) is 0 Å². The van der Waals surface area contributed by atoms with Crippen molar-refractivity contribution in [1.82, 2.24) is 40.4 Å². The molecule has 4 fully saturated rings. The van der Waals surface area contributed by atoms with Crippen LogP contribution in [0.4, 0.5) is 30.3 Å². The molecule has 4 atom stereocenters. The average molecular weight is 903 g/mol. The van der Waals surface area contributed by atoms with Gasteiger partial charge in [-0.3, -0.25) is 9.80 Å². The summed E-state index contributed by atoms with van der Waals surface area (Å²) < 4.78 is 58.5. The van der Waals surface area contributed by atoms with Gasteiger partial charge in [-0.15, -0.1) is 0 Å². The van der Waals surface area contributed by atoms with E-state index in [2.05, 4.69) is 77.9 Å². The van der Waals surface area contributed by atoms with Gasteiger partial charge in [-0.2, -0.15) is 0 Å². The molecule has 2 aromatic rings. The monoisotopic (exact) mass is 903 g/mol. The zero-order chi connectivity index (χ0) is 46.6. The molecule has 0 spiro atoms. The number of aromatic nitrogens is 4. The lowest BCUT2D eigenvalue weighted by Crippen LogP contribution is -2.64. The lowest BCUT2D eigenvalue weighted by Gasteiger charge is -2.50. The molecule has 0 aromatic carbocycles. The third kappa shape index (κ3) is 15.1. The van der Waals surface area contributed by atoms with Gasteiger partial charge in [0.1, 0.15) is 24.4 Å². The maximum absolute atomic E-state index is 13.2. The van der Waals surface area contributed by atoms with E-state index in [9.17, 15) is 18.4 Å². The van der Waals surface area contributed by atoms with Crippen LogP contribution in [0.5, 0.6) is 11.5 Å². The number of carbonyl (C=O) groups excluding carboxylic acids is 2. The van der Waals surface area contributed by atoms with Crippen LogP contribution in [0.1, 0.15) is 69.2 Å². The van der Waals surface area contributed by atoms with E-state index in [1.807, 2.05) is 0 Å². The topological polar surface area (TPSA) is 178 Å². The maximum atomic E-state index is 13.2. The van der Waals surface area contributed by atoms with Crippen LogP contribution >= 0.6 is 0 Å². The van der Waals surface area contributed by atoms with E-state index in [1.165, 1.54) is 0 Å². The molecule has 18 nitrogen and oxygen atoms in total. The fourth-order valence-corrected chi connectivity index (χ4v) is 7.92. The average Bonchev–Trinajstić information content (AvgIpc) is 3.18. The van der Waals surface area contributed by atoms with Crippen molar-refractivity contribution in [3.63, 3.8) is 0 Å². The number of piperazine rings is 2. The standard InChI is InChI=1S/2C22H34FN5O4/c2*1-15-10-27(11-16(2)28(15)18-13-30-14-18)20-24-8-19(9-25-20)31-12-17(6-23)7-26-21(29)32-22(3,4)5/h2*6,8-9,15-16,18H,7,10-14H2,1-5H3,(H,26,29)/b2*17-6+. The van der Waals surface area contributed by atoms with Crippen molar-refractivity contribution in [2.75, 3.05) is 88.7 Å². The van der Waals surface area contributed by atoms with E-state index in [0.717, 1.165) is 52.6 Å². The molecule has 4 unspecified atom stereocenters. The zero-order valence-corrected chi connectivity index (χ0v) is 39.0. The van der Waals surface area contributed by atoms with Crippen LogP contribution in [-0.4, -0.2) is 168 Å². The smallest absolute Gasteiger partial charge is 0.407 e. The number of carbonyl (C=O) groups is 2. The number of alkyl carbamates (subject to hydrolysis) is 2. The molecule has 2 N–H and O–H groups in total. The minimum absolute atomic E-state index is 0.0174. The molecule has 0 radical (unpaired) electrons. The highest BCUT2D eigenvalue weighted by atomic mass is 19.1. The highest BCUT2D eigenvalue weighted by Gasteiger charge is 2.39. The lowest BCUT2D eigenvalue weighted by atomic mass is 10.0. The van der Waals surface area contributed by atoms with E-state index < -0.39 is 23.4 Å². The Kier molecular flexibility index (Phi) is 17.9. The highest BCUT2D eigenvalue weighted by molar-refractivity contribution is 5.68. The molecule has 64 heavy (non-hydrogen) atoms. The van der Waals surface area contributed by atoms with Crippen molar-refractivity contribution in [3.8, 4) is 11.5 Å². The Labute approximate surface area is 376 Å². The number of ether oxygens (including phenoxy) is 6. The molecule has 20 heteroatoms. The summed E-state index contributed by atoms with van der Waals surface area (Å²) in [7, 11) is 0. The summed E-state index contributed by atoms with van der Waals surface area (Å²) in [4.78, 5) is 50.6. The molecule has 6 heterocycles. The number of hydrogen-bond donors (Lipinski definition) is 2. The van der Waals surface area contributed by atoms with Crippen molar-refractivity contribution in [1.29, 1.82) is 0 Å². The number of nitrogens with zero attached hydrogens (tertiary/aromatic N) is 8. The third-order valence-corrected chi connectivity index (χ3v) is 10.7. The van der Waals surface area contributed by atoms with Gasteiger partial charge in [0.15, 0.2) is 11.5 Å². The minimum Gasteiger partial charge on any atom is -0.486 e. The number of rotatable bonds is 14. The largest absolute Gasteiger partial charge is 0.486 e. The third-order valence-electron chi connectivity index (χ3n) is 10.7. The second-order valence-electron chi connectivity index (χ2n) is 18.7. The van der Waals surface area contributed by atoms with E-state index in [4.69, 9.17) is 28.4 Å². The number of anilines is 2. The predicted octanol–water partition coefficient (Wildman–Crippen LogP) is 5.06. The summed E-state index contributed by atoms with van der Waals surface area (Å²) in [6, 6.07) is 2.51. The summed E-state index contributed by atoms with van der Waals surface area (Å²) >= 11 is 0. The quantitative estimate of drug-likeness (QED) is 0.257. The van der Waals surface area contributed by atoms with Crippen LogP contribution in [-0.2, 0) is 18.9 Å². The molecule has 0 aliphatic carbocycles. The summed E-state index contributed by atoms with van der Waals surface area (Å²) in [6.45, 7) is 25.9. The van der Waals surface area contributed by atoms with Crippen molar-refractivity contribution < 1.29 is 46.8 Å². The van der Waals surface area contributed by atoms with E-state index >= 15 is 0 Å². The lowest BCUT2D eigenvalue weighted by molar-refractivity contribution is -0.0941. The Morgan fingerprint density at radius 2 is 0.938 bits per heavy atom. The van der Waals surface area contributed by atoms with Crippen molar-refractivity contribution in [2.45, 2.75) is 117 Å². The first-order valence-corrected chi connectivity index (χ1v) is 21.9. The number of halogens is 2. The number of nitrogens with one attached hydrogen (secondary N) is 2. The fourth-order valence-electron chi connectivity index (χ4n) is 7.92. The summed E-state index contributed by atoms with van der Waals surface area (Å²) in [6.07, 6.45) is 5.95. The van der Waals surface area contributed by atoms with Gasteiger partial charge in [0.25, 0.3) is 0 Å². The molecule has 6 rings (SSSR count). The van der Waals surface area contributed by atoms with Crippen LogP contribution in [0.2, 0.25) is 0 Å². The summed E-state index contributed by atoms with van der Waals surface area (Å²) in [5.74, 6) is 2.15. The van der Waals surface area contributed by atoms with Crippen molar-refractivity contribution >= 4 is 24.1 Å². The van der Waals surface area contributed by atoms with Gasteiger partial charge in [0.05, 0.1) is 76.0 Å². The van der Waals surface area contributed by atoms with E-state index in [-0.39, 0.29) is 37.4 Å². The molecule has 4 aliphatic heterocycles. The Morgan fingerprint density at radius 1 is 0.625 bits per heavy atom. The van der Waals surface area contributed by atoms with Crippen LogP contribution in [0, 0.1) is 0 Å². The first kappa shape index (κ1) is 50.1. The first-order chi connectivity index (χ1) is 30.3. The minimum atomic E-state index is -0.618. The molecule has 4 aliphatic rings. The SMILES string of the molecule is CC1CN(c2ncc(OC/C(=C/F)CNC(=O)OC(C)(C)C)cn2)CC(C)N1C1COC1.CC1CN(c2ncc(OC/C(=C/F)CNC(=O)OC(C)(C)C)cn2)CC(C)N1C1COC1. The van der Waals surface area contributed by atoms with E-state index in [0.29, 0.717) is 72.3 Å². The highest BCUT2D eigenvalue weighted by Crippen LogP contribution is 2.27. The molecule has 0 saturated carbocycles. The maximum Gasteiger partial charge on any atom is 0.407 e. The second kappa shape index (κ2) is 22.8. The normalized spacial score (nSPS) is 22.9. The second-order valence-corrected chi connectivity index (χ2v) is 18.7. The predicted molar refractivity (Wildman–Crippen MR) is 237 cm³/mol. The first-order valence-electron chi connectivity index (χ1n) is 21.9. The van der Waals surface area contributed by atoms with Gasteiger partial charge in [-0.1, -0.05) is 0 Å². The molecule has 4 saturated heterocycles. The summed E-state index contributed by atoms with van der Waals surface area (Å²) in [5, 5.41) is 5.01. The van der Waals surface area contributed by atoms with Gasteiger partial charge in [0.2, 0.25) is 11.9 Å². The molecule has 0 bridgehead atoms. The number of amides is 2. The zero-order valence-electron chi connectivity index (χ0n) is 39.0. The molecular formula is C44H68F2N10O8. The fraction of sp³-hybridized carbons (Fsp3) is 0.682. The van der Waals surface area contributed by atoms with Crippen LogP contribution < -0.4 is 29.9 Å². The van der Waals surface area contributed by atoms with Gasteiger partial charge in [-0.25, -0.2) is 38.3 Å². The molecule has 2 amide bonds. The van der Waals surface area contributed by atoms with Gasteiger partial charge < -0.3 is 48.9 Å². The molecule has 356 valence electrons. The molecule has 2 aromatic heterocycles. The van der Waals surface area contributed by atoms with Crippen molar-refractivity contribution in [3.05, 3.63) is 48.6 Å². The van der Waals surface area contributed by atoms with Crippen molar-refractivity contribution in [2.24, 2.45) is 0 Å². The number of hydrogen-bond acceptors (Lipinski definition) is 16. The van der Waals surface area contributed by atoms with Crippen LogP contribution in [0.15, 0.2) is 48.6 Å². The molecular weight excluding hydrogens is 835 g/mol. The van der Waals surface area contributed by atoms with Gasteiger partial charge in [-0.05, 0) is 69.2 Å². The van der Waals surface area contributed by atoms with Crippen LogP contribution in [0.3, 0.4) is 0 Å².